The normalized spacial score (nSPS) is 13.3. The molecule has 0 aliphatic rings. The summed E-state index contributed by atoms with van der Waals surface area (Å²) in [6.07, 6.45) is -0.0138. The summed E-state index contributed by atoms with van der Waals surface area (Å²) in [6, 6.07) is 7.66. The lowest BCUT2D eigenvalue weighted by atomic mass is 10.0. The number of carbonyl (C=O) groups is 3. The van der Waals surface area contributed by atoms with Crippen molar-refractivity contribution in [3.05, 3.63) is 35.9 Å². The molecule has 3 N–H and O–H groups in total. The number of amides is 2. The minimum Gasteiger partial charge on any atom is -0.480 e. The molecule has 0 bridgehead atoms. The van der Waals surface area contributed by atoms with Crippen LogP contribution in [0.15, 0.2) is 30.3 Å². The molecule has 0 aliphatic carbocycles. The topological polar surface area (TPSA) is 95.5 Å². The van der Waals surface area contributed by atoms with Gasteiger partial charge in [0.1, 0.15) is 6.04 Å². The summed E-state index contributed by atoms with van der Waals surface area (Å²) >= 11 is 0. The van der Waals surface area contributed by atoms with Crippen LogP contribution in [0.25, 0.3) is 0 Å². The summed E-state index contributed by atoms with van der Waals surface area (Å²) in [5.41, 5.74) is 0.796. The zero-order valence-electron chi connectivity index (χ0n) is 13.0. The molecule has 0 radical (unpaired) electrons. The number of benzene rings is 1. The lowest BCUT2D eigenvalue weighted by molar-refractivity contribution is -0.143. The number of hydrogen-bond donors (Lipinski definition) is 3. The highest BCUT2D eigenvalue weighted by Crippen LogP contribution is 2.17. The van der Waals surface area contributed by atoms with Gasteiger partial charge in [0.25, 0.3) is 0 Å². The summed E-state index contributed by atoms with van der Waals surface area (Å²) in [4.78, 5) is 34.5. The highest BCUT2D eigenvalue weighted by molar-refractivity contribution is 5.84. The van der Waals surface area contributed by atoms with Crippen LogP contribution in [0.2, 0.25) is 0 Å². The van der Waals surface area contributed by atoms with Gasteiger partial charge in [0.2, 0.25) is 11.8 Å². The quantitative estimate of drug-likeness (QED) is 0.711. The van der Waals surface area contributed by atoms with Crippen molar-refractivity contribution in [2.45, 2.75) is 39.3 Å². The third-order valence-electron chi connectivity index (χ3n) is 3.22. The third-order valence-corrected chi connectivity index (χ3v) is 3.22. The molecule has 0 aliphatic heterocycles. The summed E-state index contributed by atoms with van der Waals surface area (Å²) in [7, 11) is 0. The van der Waals surface area contributed by atoms with Gasteiger partial charge in [-0.05, 0) is 11.5 Å². The first-order valence-corrected chi connectivity index (χ1v) is 7.15. The van der Waals surface area contributed by atoms with E-state index in [0.717, 1.165) is 5.56 Å². The maximum atomic E-state index is 12.1. The van der Waals surface area contributed by atoms with E-state index in [1.54, 1.807) is 13.8 Å². The van der Waals surface area contributed by atoms with Crippen molar-refractivity contribution in [2.75, 3.05) is 0 Å². The number of aliphatic carboxylic acids is 1. The van der Waals surface area contributed by atoms with E-state index in [1.165, 1.54) is 6.92 Å². The van der Waals surface area contributed by atoms with Crippen molar-refractivity contribution in [3.63, 3.8) is 0 Å². The largest absolute Gasteiger partial charge is 0.480 e. The maximum Gasteiger partial charge on any atom is 0.326 e. The number of nitrogens with one attached hydrogen (secondary N) is 2. The Bertz CT molecular complexity index is 528. The second kappa shape index (κ2) is 8.17. The predicted octanol–water partition coefficient (Wildman–Crippen LogP) is 1.48. The lowest BCUT2D eigenvalue weighted by Crippen LogP contribution is -2.45. The van der Waals surface area contributed by atoms with Gasteiger partial charge in [0.05, 0.1) is 12.5 Å². The Hall–Kier alpha value is -2.37. The first-order valence-electron chi connectivity index (χ1n) is 7.15. The maximum absolute atomic E-state index is 12.1. The fourth-order valence-corrected chi connectivity index (χ4v) is 2.11. The van der Waals surface area contributed by atoms with E-state index in [-0.39, 0.29) is 18.2 Å². The monoisotopic (exact) mass is 306 g/mol. The summed E-state index contributed by atoms with van der Waals surface area (Å²) < 4.78 is 0. The standard InChI is InChI=1S/C16H22N2O4/c1-10(2)15(16(21)22)18-14(20)9-13(17-11(3)19)12-7-5-4-6-8-12/h4-8,10,13,15H,9H2,1-3H3,(H,17,19)(H,18,20)(H,21,22). The average molecular weight is 306 g/mol. The Morgan fingerprint density at radius 2 is 1.68 bits per heavy atom. The Kier molecular flexibility index (Phi) is 6.56. The summed E-state index contributed by atoms with van der Waals surface area (Å²) in [5, 5.41) is 14.3. The molecule has 22 heavy (non-hydrogen) atoms. The van der Waals surface area contributed by atoms with E-state index in [4.69, 9.17) is 5.11 Å². The van der Waals surface area contributed by atoms with Gasteiger partial charge in [-0.15, -0.1) is 0 Å². The van der Waals surface area contributed by atoms with Crippen molar-refractivity contribution in [1.29, 1.82) is 0 Å². The van der Waals surface area contributed by atoms with Crippen LogP contribution >= 0.6 is 0 Å². The van der Waals surface area contributed by atoms with E-state index in [9.17, 15) is 14.4 Å². The van der Waals surface area contributed by atoms with E-state index in [2.05, 4.69) is 10.6 Å². The molecule has 2 amide bonds. The first kappa shape index (κ1) is 17.7. The molecule has 0 saturated carbocycles. The zero-order chi connectivity index (χ0) is 16.7. The number of hydrogen-bond acceptors (Lipinski definition) is 3. The molecule has 6 heteroatoms. The molecule has 0 spiro atoms. The Morgan fingerprint density at radius 1 is 1.09 bits per heavy atom. The van der Waals surface area contributed by atoms with Crippen LogP contribution in [0.3, 0.4) is 0 Å². The van der Waals surface area contributed by atoms with Crippen LogP contribution in [0, 0.1) is 5.92 Å². The highest BCUT2D eigenvalue weighted by Gasteiger charge is 2.25. The second-order valence-electron chi connectivity index (χ2n) is 5.50. The van der Waals surface area contributed by atoms with Gasteiger partial charge in [-0.1, -0.05) is 44.2 Å². The molecule has 2 atom stereocenters. The fraction of sp³-hybridized carbons (Fsp3) is 0.438. The van der Waals surface area contributed by atoms with Crippen LogP contribution < -0.4 is 10.6 Å². The molecule has 1 aromatic carbocycles. The molecule has 1 aromatic rings. The van der Waals surface area contributed by atoms with Crippen LogP contribution in [0.4, 0.5) is 0 Å². The third kappa shape index (κ3) is 5.55. The molecule has 2 unspecified atom stereocenters. The zero-order valence-corrected chi connectivity index (χ0v) is 13.0. The number of rotatable bonds is 7. The van der Waals surface area contributed by atoms with E-state index < -0.39 is 24.0 Å². The van der Waals surface area contributed by atoms with Crippen LogP contribution in [-0.2, 0) is 14.4 Å². The molecule has 1 rings (SSSR count). The van der Waals surface area contributed by atoms with Crippen LogP contribution in [0.1, 0.15) is 38.8 Å². The predicted molar refractivity (Wildman–Crippen MR) is 82.0 cm³/mol. The van der Waals surface area contributed by atoms with Crippen LogP contribution in [-0.4, -0.2) is 28.9 Å². The minimum absolute atomic E-state index is 0.0138. The van der Waals surface area contributed by atoms with Gasteiger partial charge >= 0.3 is 5.97 Å². The van der Waals surface area contributed by atoms with Gasteiger partial charge < -0.3 is 15.7 Å². The second-order valence-corrected chi connectivity index (χ2v) is 5.50. The van der Waals surface area contributed by atoms with E-state index in [1.807, 2.05) is 30.3 Å². The molecule has 0 aromatic heterocycles. The number of carbonyl (C=O) groups excluding carboxylic acids is 2. The molecule has 0 saturated heterocycles. The average Bonchev–Trinajstić information content (AvgIpc) is 2.44. The highest BCUT2D eigenvalue weighted by atomic mass is 16.4. The Balaban J connectivity index is 2.79. The smallest absolute Gasteiger partial charge is 0.326 e. The molecular formula is C16H22N2O4. The van der Waals surface area contributed by atoms with Crippen LogP contribution in [0.5, 0.6) is 0 Å². The van der Waals surface area contributed by atoms with Crippen molar-refractivity contribution < 1.29 is 19.5 Å². The first-order chi connectivity index (χ1) is 10.3. The number of carboxylic acids is 1. The Morgan fingerprint density at radius 3 is 2.14 bits per heavy atom. The Labute approximate surface area is 129 Å². The number of carboxylic acid groups (broad SMARTS) is 1. The minimum atomic E-state index is -1.07. The molecule has 120 valence electrons. The van der Waals surface area contributed by atoms with Gasteiger partial charge in [0, 0.05) is 6.92 Å². The van der Waals surface area contributed by atoms with Crippen molar-refractivity contribution >= 4 is 17.8 Å². The van der Waals surface area contributed by atoms with Crippen molar-refractivity contribution in [3.8, 4) is 0 Å². The fourth-order valence-electron chi connectivity index (χ4n) is 2.11. The molecular weight excluding hydrogens is 284 g/mol. The summed E-state index contributed by atoms with van der Waals surface area (Å²) in [5.74, 6) is -1.96. The van der Waals surface area contributed by atoms with Crippen molar-refractivity contribution in [1.82, 2.24) is 10.6 Å². The lowest BCUT2D eigenvalue weighted by Gasteiger charge is -2.21. The van der Waals surface area contributed by atoms with E-state index in [0.29, 0.717) is 0 Å². The molecule has 0 fully saturated rings. The van der Waals surface area contributed by atoms with Gasteiger partial charge in [-0.2, -0.15) is 0 Å². The molecule has 0 heterocycles. The van der Waals surface area contributed by atoms with Gasteiger partial charge in [-0.3, -0.25) is 9.59 Å². The van der Waals surface area contributed by atoms with Gasteiger partial charge in [-0.25, -0.2) is 4.79 Å². The molecule has 6 nitrogen and oxygen atoms in total. The van der Waals surface area contributed by atoms with Crippen molar-refractivity contribution in [2.24, 2.45) is 5.92 Å². The SMILES string of the molecule is CC(=O)NC(CC(=O)NC(C(=O)O)C(C)C)c1ccccc1. The van der Waals surface area contributed by atoms with Gasteiger partial charge in [0.15, 0.2) is 0 Å². The van der Waals surface area contributed by atoms with E-state index >= 15 is 0 Å². The summed E-state index contributed by atoms with van der Waals surface area (Å²) in [6.45, 7) is 4.82.